The second-order valence-electron chi connectivity index (χ2n) is 7.09. The molecule has 0 aromatic rings. The Morgan fingerprint density at radius 2 is 1.86 bits per heavy atom. The van der Waals surface area contributed by atoms with Crippen LogP contribution >= 0.6 is 0 Å². The standard InChI is InChI=1S/C17H22O5/c1-16(2)18-9-11(20-16)13-12(10-7-5-6-8-10)14-15(19-13)22-17(3,4)21-14/h5-7,11-15H,9H2,1-4H3/t11-,12+,13-,14-,15-/m1/s1. The summed E-state index contributed by atoms with van der Waals surface area (Å²) in [6.45, 7) is 8.17. The molecule has 120 valence electrons. The molecule has 4 rings (SSSR count). The fourth-order valence-electron chi connectivity index (χ4n) is 3.63. The van der Waals surface area contributed by atoms with Crippen LogP contribution in [0.1, 0.15) is 27.7 Å². The van der Waals surface area contributed by atoms with Gasteiger partial charge in [0.05, 0.1) is 18.6 Å². The Balaban J connectivity index is 1.62. The summed E-state index contributed by atoms with van der Waals surface area (Å²) < 4.78 is 29.8. The first kappa shape index (κ1) is 14.6. The summed E-state index contributed by atoms with van der Waals surface area (Å²) in [5.41, 5.74) is 4.36. The van der Waals surface area contributed by atoms with Crippen LogP contribution in [-0.2, 0) is 23.7 Å². The van der Waals surface area contributed by atoms with Gasteiger partial charge in [-0.1, -0.05) is 12.2 Å². The number of hydrogen-bond donors (Lipinski definition) is 0. The molecule has 0 unspecified atom stereocenters. The Morgan fingerprint density at radius 3 is 2.50 bits per heavy atom. The predicted molar refractivity (Wildman–Crippen MR) is 77.8 cm³/mol. The molecule has 0 saturated carbocycles. The number of fused-ring (bicyclic) bond motifs is 1. The van der Waals surface area contributed by atoms with Crippen LogP contribution in [0.3, 0.4) is 0 Å². The molecule has 5 atom stereocenters. The van der Waals surface area contributed by atoms with Crippen LogP contribution in [0.15, 0.2) is 29.5 Å². The average Bonchev–Trinajstić information content (AvgIpc) is 3.11. The van der Waals surface area contributed by atoms with Crippen LogP contribution in [0.4, 0.5) is 0 Å². The molecule has 0 bridgehead atoms. The molecule has 0 N–H and O–H groups in total. The molecule has 0 aromatic heterocycles. The van der Waals surface area contributed by atoms with Crippen molar-refractivity contribution in [2.45, 2.75) is 63.9 Å². The maximum absolute atomic E-state index is 6.16. The van der Waals surface area contributed by atoms with E-state index in [0.717, 1.165) is 5.57 Å². The van der Waals surface area contributed by atoms with E-state index in [1.807, 2.05) is 39.8 Å². The zero-order chi connectivity index (χ0) is 15.5. The zero-order valence-electron chi connectivity index (χ0n) is 13.4. The summed E-state index contributed by atoms with van der Waals surface area (Å²) >= 11 is 0. The van der Waals surface area contributed by atoms with Crippen LogP contribution in [-0.4, -0.2) is 42.8 Å². The topological polar surface area (TPSA) is 46.2 Å². The molecular weight excluding hydrogens is 284 g/mol. The van der Waals surface area contributed by atoms with Crippen molar-refractivity contribution < 1.29 is 23.7 Å². The van der Waals surface area contributed by atoms with Crippen molar-refractivity contribution in [3.63, 3.8) is 0 Å². The lowest BCUT2D eigenvalue weighted by Crippen LogP contribution is -2.39. The van der Waals surface area contributed by atoms with Gasteiger partial charge in [-0.3, -0.25) is 0 Å². The van der Waals surface area contributed by atoms with Crippen molar-refractivity contribution in [3.05, 3.63) is 29.5 Å². The van der Waals surface area contributed by atoms with Gasteiger partial charge >= 0.3 is 0 Å². The molecule has 0 amide bonds. The molecule has 0 aromatic carbocycles. The zero-order valence-corrected chi connectivity index (χ0v) is 13.4. The van der Waals surface area contributed by atoms with E-state index in [-0.39, 0.29) is 30.5 Å². The molecule has 3 heterocycles. The number of allylic oxidation sites excluding steroid dienone is 2. The van der Waals surface area contributed by atoms with Gasteiger partial charge in [0.25, 0.3) is 0 Å². The molecule has 3 fully saturated rings. The first-order chi connectivity index (χ1) is 10.3. The fraction of sp³-hybridized carbons (Fsp3) is 0.706. The second kappa shape index (κ2) is 4.78. The fourth-order valence-corrected chi connectivity index (χ4v) is 3.63. The maximum Gasteiger partial charge on any atom is 0.188 e. The minimum Gasteiger partial charge on any atom is -0.348 e. The van der Waals surface area contributed by atoms with E-state index in [9.17, 15) is 0 Å². The Morgan fingerprint density at radius 1 is 1.05 bits per heavy atom. The maximum atomic E-state index is 6.16. The summed E-state index contributed by atoms with van der Waals surface area (Å²) in [7, 11) is 0. The van der Waals surface area contributed by atoms with Crippen molar-refractivity contribution >= 4 is 0 Å². The molecule has 5 heteroatoms. The monoisotopic (exact) mass is 306 g/mol. The van der Waals surface area contributed by atoms with Crippen LogP contribution < -0.4 is 0 Å². The van der Waals surface area contributed by atoms with Crippen LogP contribution in [0.25, 0.3) is 0 Å². The molecule has 3 saturated heterocycles. The first-order valence-electron chi connectivity index (χ1n) is 7.81. The lowest BCUT2D eigenvalue weighted by molar-refractivity contribution is -0.225. The van der Waals surface area contributed by atoms with Crippen LogP contribution in [0, 0.1) is 5.92 Å². The van der Waals surface area contributed by atoms with Gasteiger partial charge in [0, 0.05) is 5.57 Å². The number of rotatable bonds is 2. The SMILES string of the molecule is CC1(C)O[C@H]2O[C@H]([C@H]3COC(C)(C)O3)[C@H](C3=C=CC=C3)[C@H]2O1. The first-order valence-corrected chi connectivity index (χ1v) is 7.81. The summed E-state index contributed by atoms with van der Waals surface area (Å²) in [5.74, 6) is -1.17. The molecule has 0 radical (unpaired) electrons. The highest BCUT2D eigenvalue weighted by Crippen LogP contribution is 2.46. The molecule has 1 aliphatic carbocycles. The smallest absolute Gasteiger partial charge is 0.188 e. The van der Waals surface area contributed by atoms with Crippen molar-refractivity contribution in [1.82, 2.24) is 0 Å². The quantitative estimate of drug-likeness (QED) is 0.733. The van der Waals surface area contributed by atoms with Gasteiger partial charge in [-0.15, -0.1) is 5.73 Å². The van der Waals surface area contributed by atoms with Gasteiger partial charge in [0.1, 0.15) is 12.2 Å². The second-order valence-corrected chi connectivity index (χ2v) is 7.09. The highest BCUT2D eigenvalue weighted by Gasteiger charge is 2.58. The van der Waals surface area contributed by atoms with Gasteiger partial charge in [0.15, 0.2) is 17.9 Å². The Hall–Kier alpha value is -0.940. The van der Waals surface area contributed by atoms with Crippen molar-refractivity contribution in [2.75, 3.05) is 6.61 Å². The largest absolute Gasteiger partial charge is 0.348 e. The van der Waals surface area contributed by atoms with E-state index >= 15 is 0 Å². The third-order valence-corrected chi connectivity index (χ3v) is 4.47. The van der Waals surface area contributed by atoms with E-state index < -0.39 is 11.6 Å². The molecular formula is C17H22O5. The third kappa shape index (κ3) is 2.38. The Kier molecular flexibility index (Phi) is 3.18. The Bertz CT molecular complexity index is 570. The number of ether oxygens (including phenoxy) is 5. The summed E-state index contributed by atoms with van der Waals surface area (Å²) in [5, 5.41) is 0. The van der Waals surface area contributed by atoms with Crippen LogP contribution in [0.2, 0.25) is 0 Å². The van der Waals surface area contributed by atoms with Crippen molar-refractivity contribution in [1.29, 1.82) is 0 Å². The molecule has 4 aliphatic rings. The lowest BCUT2D eigenvalue weighted by atomic mass is 9.88. The molecule has 22 heavy (non-hydrogen) atoms. The average molecular weight is 306 g/mol. The third-order valence-electron chi connectivity index (χ3n) is 4.47. The van der Waals surface area contributed by atoms with Crippen molar-refractivity contribution in [3.8, 4) is 0 Å². The van der Waals surface area contributed by atoms with E-state index in [1.54, 1.807) is 0 Å². The molecule has 3 aliphatic heterocycles. The van der Waals surface area contributed by atoms with Gasteiger partial charge in [-0.2, -0.15) is 0 Å². The lowest BCUT2D eigenvalue weighted by Gasteiger charge is -2.29. The Labute approximate surface area is 130 Å². The van der Waals surface area contributed by atoms with Gasteiger partial charge in [0.2, 0.25) is 0 Å². The van der Waals surface area contributed by atoms with E-state index in [0.29, 0.717) is 6.61 Å². The minimum atomic E-state index is -0.628. The molecule has 5 nitrogen and oxygen atoms in total. The van der Waals surface area contributed by atoms with Gasteiger partial charge < -0.3 is 23.7 Å². The predicted octanol–water partition coefficient (Wildman–Crippen LogP) is 2.28. The van der Waals surface area contributed by atoms with E-state index in [2.05, 4.69) is 11.8 Å². The van der Waals surface area contributed by atoms with Gasteiger partial charge in [-0.25, -0.2) is 0 Å². The normalized spacial score (nSPS) is 44.5. The summed E-state index contributed by atoms with van der Waals surface area (Å²) in [6, 6.07) is 0. The molecule has 0 spiro atoms. The van der Waals surface area contributed by atoms with Gasteiger partial charge in [-0.05, 0) is 33.8 Å². The van der Waals surface area contributed by atoms with E-state index in [4.69, 9.17) is 23.7 Å². The minimum absolute atomic E-state index is 0.0317. The number of hydrogen-bond acceptors (Lipinski definition) is 5. The van der Waals surface area contributed by atoms with Crippen LogP contribution in [0.5, 0.6) is 0 Å². The highest BCUT2D eigenvalue weighted by atomic mass is 16.8. The van der Waals surface area contributed by atoms with E-state index in [1.165, 1.54) is 0 Å². The summed E-state index contributed by atoms with van der Waals surface area (Å²) in [6.07, 6.45) is 5.13. The summed E-state index contributed by atoms with van der Waals surface area (Å²) in [4.78, 5) is 0. The highest BCUT2D eigenvalue weighted by molar-refractivity contribution is 5.34. The van der Waals surface area contributed by atoms with Crippen molar-refractivity contribution in [2.24, 2.45) is 5.92 Å².